The Morgan fingerprint density at radius 1 is 1.11 bits per heavy atom. The molecule has 0 radical (unpaired) electrons. The molecule has 1 aliphatic heterocycles. The molecule has 192 valence electrons. The predicted octanol–water partition coefficient (Wildman–Crippen LogP) is 2.77. The van der Waals surface area contributed by atoms with Gasteiger partial charge < -0.3 is 21.1 Å². The molecule has 0 unspecified atom stereocenters. The zero-order valence-electron chi connectivity index (χ0n) is 20.0. The third-order valence-corrected chi connectivity index (χ3v) is 7.65. The van der Waals surface area contributed by atoms with Gasteiger partial charge in [-0.25, -0.2) is 22.0 Å². The summed E-state index contributed by atoms with van der Waals surface area (Å²) in [6.45, 7) is 4.30. The van der Waals surface area contributed by atoms with Crippen molar-refractivity contribution in [3.8, 4) is 0 Å². The number of amides is 2. The number of aryl methyl sites for hydroxylation is 1. The van der Waals surface area contributed by atoms with Crippen LogP contribution in [-0.4, -0.2) is 50.5 Å². The Labute approximate surface area is 205 Å². The van der Waals surface area contributed by atoms with Gasteiger partial charge in [0.2, 0.25) is 0 Å². The number of hydrogen-bond donors (Lipinski definition) is 4. The van der Waals surface area contributed by atoms with E-state index in [4.69, 9.17) is 0 Å². The van der Waals surface area contributed by atoms with Gasteiger partial charge in [-0.15, -0.1) is 0 Å². The standard InChI is InChI=1S/C25H33F2N3O4S/c1-3-7-28-25(32)30-22(11-17-8-19(26)12-20(27)9-17)24(31)13-29-23-15-35(33,34)14-18-6-5-16(4-2)10-21(18)23/h5-6,8-10,12,22-24,29,31H,3-4,7,11,13-15H2,1-2H3,(H2,28,30,32)/t22-,23-,24+/m1/s1. The maximum atomic E-state index is 13.7. The van der Waals surface area contributed by atoms with E-state index in [0.717, 1.165) is 41.3 Å². The fraction of sp³-hybridized carbons (Fsp3) is 0.480. The fourth-order valence-corrected chi connectivity index (χ4v) is 5.92. The molecular weight excluding hydrogens is 476 g/mol. The van der Waals surface area contributed by atoms with Gasteiger partial charge in [0.1, 0.15) is 11.6 Å². The molecule has 1 aliphatic rings. The molecule has 0 fully saturated rings. The number of nitrogens with one attached hydrogen (secondary N) is 3. The summed E-state index contributed by atoms with van der Waals surface area (Å²) >= 11 is 0. The fourth-order valence-electron chi connectivity index (χ4n) is 4.26. The summed E-state index contributed by atoms with van der Waals surface area (Å²) in [5, 5.41) is 19.4. The lowest BCUT2D eigenvalue weighted by Gasteiger charge is -2.30. The summed E-state index contributed by atoms with van der Waals surface area (Å²) < 4.78 is 52.3. The number of carbonyl (C=O) groups excluding carboxylic acids is 1. The summed E-state index contributed by atoms with van der Waals surface area (Å²) in [5.41, 5.74) is 2.96. The zero-order chi connectivity index (χ0) is 25.6. The lowest BCUT2D eigenvalue weighted by atomic mass is 9.97. The first-order valence-electron chi connectivity index (χ1n) is 11.8. The average molecular weight is 510 g/mol. The molecule has 0 spiro atoms. The van der Waals surface area contributed by atoms with Crippen LogP contribution in [0, 0.1) is 11.6 Å². The van der Waals surface area contributed by atoms with E-state index in [1.54, 1.807) is 0 Å². The second kappa shape index (κ2) is 11.9. The zero-order valence-corrected chi connectivity index (χ0v) is 20.8. The molecule has 4 N–H and O–H groups in total. The Hall–Kier alpha value is -2.56. The number of halogens is 2. The molecule has 2 aromatic rings. The smallest absolute Gasteiger partial charge is 0.315 e. The van der Waals surface area contributed by atoms with Crippen LogP contribution in [-0.2, 0) is 28.4 Å². The van der Waals surface area contributed by atoms with Gasteiger partial charge in [-0.3, -0.25) is 0 Å². The summed E-state index contributed by atoms with van der Waals surface area (Å²) in [7, 11) is -3.33. The van der Waals surface area contributed by atoms with Crippen molar-refractivity contribution in [3.63, 3.8) is 0 Å². The Balaban J connectivity index is 1.77. The lowest BCUT2D eigenvalue weighted by molar-refractivity contribution is 0.124. The van der Waals surface area contributed by atoms with Crippen molar-refractivity contribution >= 4 is 15.9 Å². The van der Waals surface area contributed by atoms with Crippen LogP contribution in [0.2, 0.25) is 0 Å². The number of fused-ring (bicyclic) bond motifs is 1. The van der Waals surface area contributed by atoms with Gasteiger partial charge in [0.25, 0.3) is 0 Å². The minimum absolute atomic E-state index is 0.0173. The van der Waals surface area contributed by atoms with Crippen molar-refractivity contribution in [1.82, 2.24) is 16.0 Å². The van der Waals surface area contributed by atoms with E-state index in [-0.39, 0.29) is 30.0 Å². The SMILES string of the molecule is CCCNC(=O)N[C@H](Cc1cc(F)cc(F)c1)[C@@H](O)CN[C@@H]1CS(=O)(=O)Cc2ccc(CC)cc21. The summed E-state index contributed by atoms with van der Waals surface area (Å²) in [6, 6.07) is 6.88. The summed E-state index contributed by atoms with van der Waals surface area (Å²) in [6.07, 6.45) is 0.345. The van der Waals surface area contributed by atoms with Crippen LogP contribution in [0.4, 0.5) is 13.6 Å². The van der Waals surface area contributed by atoms with E-state index < -0.39 is 45.7 Å². The van der Waals surface area contributed by atoms with Gasteiger partial charge in [0, 0.05) is 25.2 Å². The number of aliphatic hydroxyl groups is 1. The van der Waals surface area contributed by atoms with Crippen LogP contribution in [0.15, 0.2) is 36.4 Å². The van der Waals surface area contributed by atoms with Crippen molar-refractivity contribution in [2.24, 2.45) is 0 Å². The Bertz CT molecular complexity index is 1120. The summed E-state index contributed by atoms with van der Waals surface area (Å²) in [4.78, 5) is 12.3. The second-order valence-corrected chi connectivity index (χ2v) is 11.1. The van der Waals surface area contributed by atoms with Crippen LogP contribution in [0.5, 0.6) is 0 Å². The number of sulfone groups is 1. The minimum Gasteiger partial charge on any atom is -0.390 e. The van der Waals surface area contributed by atoms with Gasteiger partial charge in [-0.05, 0) is 53.6 Å². The number of aliphatic hydroxyl groups excluding tert-OH is 1. The molecule has 0 aliphatic carbocycles. The van der Waals surface area contributed by atoms with Crippen LogP contribution in [0.25, 0.3) is 0 Å². The first kappa shape index (κ1) is 27.0. The first-order valence-corrected chi connectivity index (χ1v) is 13.6. The van der Waals surface area contributed by atoms with Gasteiger partial charge in [-0.1, -0.05) is 32.0 Å². The molecule has 10 heteroatoms. The van der Waals surface area contributed by atoms with E-state index in [9.17, 15) is 27.1 Å². The highest BCUT2D eigenvalue weighted by molar-refractivity contribution is 7.90. The lowest BCUT2D eigenvalue weighted by Crippen LogP contribution is -2.52. The Morgan fingerprint density at radius 3 is 2.49 bits per heavy atom. The van der Waals surface area contributed by atoms with E-state index in [0.29, 0.717) is 13.0 Å². The van der Waals surface area contributed by atoms with Crippen LogP contribution in [0.3, 0.4) is 0 Å². The minimum atomic E-state index is -3.33. The maximum Gasteiger partial charge on any atom is 0.315 e. The summed E-state index contributed by atoms with van der Waals surface area (Å²) in [5.74, 6) is -1.64. The molecule has 7 nitrogen and oxygen atoms in total. The van der Waals surface area contributed by atoms with Gasteiger partial charge >= 0.3 is 6.03 Å². The third kappa shape index (κ3) is 7.71. The van der Waals surface area contributed by atoms with Gasteiger partial charge in [0.15, 0.2) is 9.84 Å². The molecule has 3 atom stereocenters. The third-order valence-electron chi connectivity index (χ3n) is 6.06. The van der Waals surface area contributed by atoms with Crippen molar-refractivity contribution < 1.29 is 27.1 Å². The molecule has 3 rings (SSSR count). The predicted molar refractivity (Wildman–Crippen MR) is 131 cm³/mol. The highest BCUT2D eigenvalue weighted by Gasteiger charge is 2.31. The number of hydrogen-bond acceptors (Lipinski definition) is 5. The normalized spacial score (nSPS) is 18.4. The van der Waals surface area contributed by atoms with Crippen LogP contribution >= 0.6 is 0 Å². The monoisotopic (exact) mass is 509 g/mol. The molecule has 1 heterocycles. The number of urea groups is 1. The van der Waals surface area contributed by atoms with E-state index >= 15 is 0 Å². The maximum absolute atomic E-state index is 13.7. The van der Waals surface area contributed by atoms with Crippen LogP contribution < -0.4 is 16.0 Å². The molecule has 0 saturated heterocycles. The molecule has 35 heavy (non-hydrogen) atoms. The van der Waals surface area contributed by atoms with Gasteiger partial charge in [0.05, 0.1) is 23.7 Å². The highest BCUT2D eigenvalue weighted by atomic mass is 32.2. The largest absolute Gasteiger partial charge is 0.390 e. The first-order chi connectivity index (χ1) is 16.6. The second-order valence-electron chi connectivity index (χ2n) is 8.96. The average Bonchev–Trinajstić information content (AvgIpc) is 2.79. The van der Waals surface area contributed by atoms with Crippen LogP contribution in [0.1, 0.15) is 48.6 Å². The van der Waals surface area contributed by atoms with E-state index in [1.807, 2.05) is 32.0 Å². The van der Waals surface area contributed by atoms with Crippen molar-refractivity contribution in [2.75, 3.05) is 18.8 Å². The highest BCUT2D eigenvalue weighted by Crippen LogP contribution is 2.29. The Morgan fingerprint density at radius 2 is 1.83 bits per heavy atom. The van der Waals surface area contributed by atoms with E-state index in [2.05, 4.69) is 16.0 Å². The number of benzene rings is 2. The molecule has 0 aromatic heterocycles. The van der Waals surface area contributed by atoms with Gasteiger partial charge in [-0.2, -0.15) is 0 Å². The number of carbonyl (C=O) groups is 1. The van der Waals surface area contributed by atoms with Crippen molar-refractivity contribution in [1.29, 1.82) is 0 Å². The molecular formula is C25H33F2N3O4S. The van der Waals surface area contributed by atoms with E-state index in [1.165, 1.54) is 0 Å². The number of rotatable bonds is 10. The molecule has 2 amide bonds. The van der Waals surface area contributed by atoms with Crippen molar-refractivity contribution in [2.45, 2.75) is 57.1 Å². The Kier molecular flexibility index (Phi) is 9.21. The molecule has 0 bridgehead atoms. The molecule has 0 saturated carbocycles. The molecule has 2 aromatic carbocycles. The topological polar surface area (TPSA) is 108 Å². The van der Waals surface area contributed by atoms with Crippen molar-refractivity contribution in [3.05, 3.63) is 70.3 Å². The quantitative estimate of drug-likeness (QED) is 0.394.